The van der Waals surface area contributed by atoms with Crippen LogP contribution in [0.5, 0.6) is 0 Å². The summed E-state index contributed by atoms with van der Waals surface area (Å²) in [5.41, 5.74) is 1.07. The maximum atomic E-state index is 4.35. The molecule has 1 aromatic heterocycles. The molecule has 2 heterocycles. The fraction of sp³-hybridized carbons (Fsp3) is 0.400. The lowest BCUT2D eigenvalue weighted by Crippen LogP contribution is -2.39. The zero-order chi connectivity index (χ0) is 14.5. The molecule has 2 aromatic rings. The van der Waals surface area contributed by atoms with Gasteiger partial charge in [0, 0.05) is 25.8 Å². The van der Waals surface area contributed by atoms with Crippen molar-refractivity contribution in [1.82, 2.24) is 25.0 Å². The number of hydrogen-bond donors (Lipinski definition) is 1. The van der Waals surface area contributed by atoms with Crippen LogP contribution in [0.4, 0.5) is 0 Å². The smallest absolute Gasteiger partial charge is 0.194 e. The first kappa shape index (κ1) is 13.6. The quantitative estimate of drug-likeness (QED) is 0.684. The second-order valence-electron chi connectivity index (χ2n) is 5.05. The molecule has 1 aliphatic heterocycles. The maximum absolute atomic E-state index is 4.35. The summed E-state index contributed by atoms with van der Waals surface area (Å²) in [6, 6.07) is 10.1. The first-order valence-corrected chi connectivity index (χ1v) is 7.28. The normalized spacial score (nSPS) is 15.5. The lowest BCUT2D eigenvalue weighted by Gasteiger charge is -2.20. The summed E-state index contributed by atoms with van der Waals surface area (Å²) in [7, 11) is 1.82. The highest BCUT2D eigenvalue weighted by atomic mass is 15.3. The number of hydrogen-bond acceptors (Lipinski definition) is 3. The van der Waals surface area contributed by atoms with Gasteiger partial charge in [0.1, 0.15) is 6.33 Å². The van der Waals surface area contributed by atoms with Gasteiger partial charge in [-0.15, -0.1) is 10.2 Å². The fourth-order valence-electron chi connectivity index (χ4n) is 2.60. The van der Waals surface area contributed by atoms with Crippen molar-refractivity contribution >= 4 is 5.96 Å². The van der Waals surface area contributed by atoms with Gasteiger partial charge < -0.3 is 10.2 Å². The molecule has 1 aromatic carbocycles. The van der Waals surface area contributed by atoms with E-state index >= 15 is 0 Å². The van der Waals surface area contributed by atoms with Crippen LogP contribution in [0.3, 0.4) is 0 Å². The van der Waals surface area contributed by atoms with Crippen molar-refractivity contribution in [2.45, 2.75) is 19.4 Å². The van der Waals surface area contributed by atoms with Crippen molar-refractivity contribution in [3.05, 3.63) is 42.5 Å². The molecule has 1 fully saturated rings. The van der Waals surface area contributed by atoms with Crippen molar-refractivity contribution < 1.29 is 0 Å². The van der Waals surface area contributed by atoms with Crippen LogP contribution in [-0.2, 0) is 6.54 Å². The fourth-order valence-corrected chi connectivity index (χ4v) is 2.60. The van der Waals surface area contributed by atoms with E-state index in [9.17, 15) is 0 Å². The molecule has 1 N–H and O–H groups in total. The summed E-state index contributed by atoms with van der Waals surface area (Å²) in [6.45, 7) is 2.76. The van der Waals surface area contributed by atoms with Crippen LogP contribution >= 0.6 is 0 Å². The highest BCUT2D eigenvalue weighted by Crippen LogP contribution is 2.10. The third-order valence-corrected chi connectivity index (χ3v) is 3.67. The highest BCUT2D eigenvalue weighted by molar-refractivity contribution is 5.80. The van der Waals surface area contributed by atoms with Crippen molar-refractivity contribution in [2.24, 2.45) is 4.99 Å². The van der Waals surface area contributed by atoms with E-state index in [-0.39, 0.29) is 0 Å². The number of aromatic nitrogens is 3. The molecule has 3 rings (SSSR count). The highest BCUT2D eigenvalue weighted by Gasteiger charge is 2.16. The molecule has 1 saturated heterocycles. The minimum Gasteiger partial charge on any atom is -0.349 e. The Bertz CT molecular complexity index is 598. The Hall–Kier alpha value is -2.37. The van der Waals surface area contributed by atoms with Gasteiger partial charge in [0.05, 0.1) is 6.54 Å². The Morgan fingerprint density at radius 1 is 1.24 bits per heavy atom. The lowest BCUT2D eigenvalue weighted by molar-refractivity contribution is 0.491. The van der Waals surface area contributed by atoms with Gasteiger partial charge in [0.25, 0.3) is 0 Å². The van der Waals surface area contributed by atoms with Crippen molar-refractivity contribution in [3.63, 3.8) is 0 Å². The van der Waals surface area contributed by atoms with E-state index in [4.69, 9.17) is 0 Å². The average molecular weight is 284 g/mol. The van der Waals surface area contributed by atoms with Gasteiger partial charge in [-0.1, -0.05) is 18.2 Å². The van der Waals surface area contributed by atoms with Gasteiger partial charge in [0.15, 0.2) is 11.8 Å². The summed E-state index contributed by atoms with van der Waals surface area (Å²) < 4.78 is 1.99. The zero-order valence-corrected chi connectivity index (χ0v) is 12.2. The third-order valence-electron chi connectivity index (χ3n) is 3.67. The zero-order valence-electron chi connectivity index (χ0n) is 12.2. The molecule has 0 radical (unpaired) electrons. The molecule has 6 heteroatoms. The summed E-state index contributed by atoms with van der Waals surface area (Å²) in [5, 5.41) is 11.6. The molecule has 21 heavy (non-hydrogen) atoms. The molecule has 0 spiro atoms. The number of rotatable bonds is 3. The van der Waals surface area contributed by atoms with Crippen LogP contribution in [0, 0.1) is 0 Å². The number of likely N-dealkylation sites (tertiary alicyclic amines) is 1. The Labute approximate surface area is 124 Å². The van der Waals surface area contributed by atoms with E-state index in [1.165, 1.54) is 12.8 Å². The topological polar surface area (TPSA) is 58.3 Å². The molecular weight excluding hydrogens is 264 g/mol. The van der Waals surface area contributed by atoms with Crippen molar-refractivity contribution in [2.75, 3.05) is 20.1 Å². The number of guanidine groups is 1. The Morgan fingerprint density at radius 3 is 2.71 bits per heavy atom. The maximum Gasteiger partial charge on any atom is 0.194 e. The second-order valence-corrected chi connectivity index (χ2v) is 5.05. The molecule has 0 atom stereocenters. The largest absolute Gasteiger partial charge is 0.349 e. The molecule has 0 saturated carbocycles. The standard InChI is InChI=1S/C15H20N6/c1-16-15(20-9-5-6-10-20)17-11-14-19-18-12-21(14)13-7-3-2-4-8-13/h2-4,7-8,12H,5-6,9-11H2,1H3,(H,16,17). The van der Waals surface area contributed by atoms with Gasteiger partial charge in [-0.3, -0.25) is 9.56 Å². The number of benzene rings is 1. The SMILES string of the molecule is CN=C(NCc1nncn1-c1ccccc1)N1CCCC1. The van der Waals surface area contributed by atoms with E-state index in [2.05, 4.69) is 25.4 Å². The molecule has 0 unspecified atom stereocenters. The van der Waals surface area contributed by atoms with Crippen molar-refractivity contribution in [3.8, 4) is 5.69 Å². The second kappa shape index (κ2) is 6.39. The van der Waals surface area contributed by atoms with Crippen LogP contribution < -0.4 is 5.32 Å². The van der Waals surface area contributed by atoms with E-state index in [0.717, 1.165) is 30.6 Å². The summed E-state index contributed by atoms with van der Waals surface area (Å²) in [6.07, 6.45) is 4.22. The monoisotopic (exact) mass is 284 g/mol. The Balaban J connectivity index is 1.70. The molecule has 0 bridgehead atoms. The van der Waals surface area contributed by atoms with Gasteiger partial charge in [-0.25, -0.2) is 0 Å². The predicted molar refractivity (Wildman–Crippen MR) is 82.4 cm³/mol. The number of aliphatic imine (C=N–C) groups is 1. The van der Waals surface area contributed by atoms with E-state index in [1.54, 1.807) is 6.33 Å². The summed E-state index contributed by atoms with van der Waals surface area (Å²) in [5.74, 6) is 1.82. The van der Waals surface area contributed by atoms with Gasteiger partial charge in [-0.2, -0.15) is 0 Å². The summed E-state index contributed by atoms with van der Waals surface area (Å²) in [4.78, 5) is 6.63. The van der Waals surface area contributed by atoms with Crippen LogP contribution in [-0.4, -0.2) is 45.8 Å². The first-order valence-electron chi connectivity index (χ1n) is 7.28. The van der Waals surface area contributed by atoms with Gasteiger partial charge in [-0.05, 0) is 25.0 Å². The minimum atomic E-state index is 0.609. The Kier molecular flexibility index (Phi) is 4.14. The van der Waals surface area contributed by atoms with Crippen molar-refractivity contribution in [1.29, 1.82) is 0 Å². The van der Waals surface area contributed by atoms with E-state index < -0.39 is 0 Å². The van der Waals surface area contributed by atoms with E-state index in [1.807, 2.05) is 41.9 Å². The van der Waals surface area contributed by atoms with Crippen LogP contribution in [0.25, 0.3) is 5.69 Å². The average Bonchev–Trinajstić information content (AvgIpc) is 3.20. The lowest BCUT2D eigenvalue weighted by atomic mass is 10.3. The van der Waals surface area contributed by atoms with Crippen LogP contribution in [0.15, 0.2) is 41.7 Å². The molecular formula is C15H20N6. The molecule has 1 aliphatic rings. The summed E-state index contributed by atoms with van der Waals surface area (Å²) >= 11 is 0. The minimum absolute atomic E-state index is 0.609. The molecule has 110 valence electrons. The molecule has 0 amide bonds. The molecule has 6 nitrogen and oxygen atoms in total. The number of para-hydroxylation sites is 1. The number of nitrogens with one attached hydrogen (secondary N) is 1. The first-order chi connectivity index (χ1) is 10.4. The molecule has 0 aliphatic carbocycles. The Morgan fingerprint density at radius 2 is 2.00 bits per heavy atom. The van der Waals surface area contributed by atoms with Gasteiger partial charge >= 0.3 is 0 Å². The van der Waals surface area contributed by atoms with Gasteiger partial charge in [0.2, 0.25) is 0 Å². The number of nitrogens with zero attached hydrogens (tertiary/aromatic N) is 5. The van der Waals surface area contributed by atoms with E-state index in [0.29, 0.717) is 6.54 Å². The van der Waals surface area contributed by atoms with Crippen LogP contribution in [0.2, 0.25) is 0 Å². The third kappa shape index (κ3) is 3.04. The predicted octanol–water partition coefficient (Wildman–Crippen LogP) is 1.44. The van der Waals surface area contributed by atoms with Crippen LogP contribution in [0.1, 0.15) is 18.7 Å².